The van der Waals surface area contributed by atoms with Crippen LogP contribution in [-0.4, -0.2) is 18.1 Å². The van der Waals surface area contributed by atoms with Gasteiger partial charge in [0.05, 0.1) is 23.5 Å². The van der Waals surface area contributed by atoms with Crippen LogP contribution in [0.1, 0.15) is 29.8 Å². The van der Waals surface area contributed by atoms with Crippen LogP contribution >= 0.6 is 0 Å². The molecule has 0 N–H and O–H groups in total. The van der Waals surface area contributed by atoms with Gasteiger partial charge in [0.1, 0.15) is 6.07 Å². The number of aromatic nitrogens is 1. The van der Waals surface area contributed by atoms with Gasteiger partial charge in [-0.3, -0.25) is 4.98 Å². The summed E-state index contributed by atoms with van der Waals surface area (Å²) in [6.07, 6.45) is 7.98. The van der Waals surface area contributed by atoms with E-state index in [-0.39, 0.29) is 0 Å². The Hall–Kier alpha value is -2.00. The van der Waals surface area contributed by atoms with Crippen molar-refractivity contribution in [3.63, 3.8) is 0 Å². The smallest absolute Gasteiger partial charge is 0.103 e. The second-order valence-corrected chi connectivity index (χ2v) is 4.88. The van der Waals surface area contributed by atoms with Crippen molar-refractivity contribution in [2.24, 2.45) is 5.92 Å². The molecule has 0 saturated heterocycles. The second-order valence-electron chi connectivity index (χ2n) is 4.88. The van der Waals surface area contributed by atoms with Gasteiger partial charge in [0.2, 0.25) is 0 Å². The van der Waals surface area contributed by atoms with Crippen LogP contribution in [0.2, 0.25) is 0 Å². The largest absolute Gasteiger partial charge is 0.359 e. The molecule has 0 radical (unpaired) electrons. The van der Waals surface area contributed by atoms with Gasteiger partial charge < -0.3 is 4.90 Å². The van der Waals surface area contributed by atoms with E-state index in [1.807, 2.05) is 19.9 Å². The van der Waals surface area contributed by atoms with E-state index in [2.05, 4.69) is 21.9 Å². The lowest BCUT2D eigenvalue weighted by Gasteiger charge is -2.24. The fraction of sp³-hybridized carbons (Fsp3) is 0.467. The van der Waals surface area contributed by atoms with Crippen LogP contribution in [0.25, 0.3) is 0 Å². The first kappa shape index (κ1) is 12.5. The highest BCUT2D eigenvalue weighted by atomic mass is 15.1. The highest BCUT2D eigenvalue weighted by Gasteiger charge is 2.25. The molecule has 0 bridgehead atoms. The summed E-state index contributed by atoms with van der Waals surface area (Å²) < 4.78 is 0. The summed E-state index contributed by atoms with van der Waals surface area (Å²) in [6, 6.07) is 4.21. The lowest BCUT2D eigenvalue weighted by Crippen LogP contribution is -2.27. The van der Waals surface area contributed by atoms with Gasteiger partial charge in [0.15, 0.2) is 0 Å². The van der Waals surface area contributed by atoms with Crippen molar-refractivity contribution in [3.8, 4) is 18.4 Å². The van der Waals surface area contributed by atoms with Crippen molar-refractivity contribution < 1.29 is 0 Å². The van der Waals surface area contributed by atoms with Gasteiger partial charge in [0.25, 0.3) is 0 Å². The Bertz CT molecular complexity index is 530. The summed E-state index contributed by atoms with van der Waals surface area (Å²) in [6.45, 7) is 5.32. The zero-order valence-electron chi connectivity index (χ0n) is 10.9. The Kier molecular flexibility index (Phi) is 3.53. The van der Waals surface area contributed by atoms with Gasteiger partial charge in [-0.2, -0.15) is 5.26 Å². The minimum atomic E-state index is 0.550. The summed E-state index contributed by atoms with van der Waals surface area (Å²) in [7, 11) is 0. The van der Waals surface area contributed by atoms with Crippen molar-refractivity contribution in [2.75, 3.05) is 18.0 Å². The maximum Gasteiger partial charge on any atom is 0.103 e. The van der Waals surface area contributed by atoms with Crippen molar-refractivity contribution in [1.29, 1.82) is 5.26 Å². The molecule has 1 fully saturated rings. The third kappa shape index (κ3) is 2.63. The summed E-state index contributed by atoms with van der Waals surface area (Å²) in [5.41, 5.74) is 3.30. The number of pyridine rings is 1. The number of hydrogen-bond acceptors (Lipinski definition) is 3. The van der Waals surface area contributed by atoms with Crippen LogP contribution in [0.15, 0.2) is 6.07 Å². The average Bonchev–Trinajstić information content (AvgIpc) is 3.11. The van der Waals surface area contributed by atoms with E-state index in [1.165, 1.54) is 12.8 Å². The number of nitrogens with zero attached hydrogens (tertiary/aromatic N) is 3. The molecule has 0 aliphatic heterocycles. The predicted molar refractivity (Wildman–Crippen MR) is 72.2 cm³/mol. The first-order chi connectivity index (χ1) is 8.65. The molecule has 1 aromatic rings. The highest BCUT2D eigenvalue weighted by Crippen LogP contribution is 2.32. The fourth-order valence-electron chi connectivity index (χ4n) is 2.17. The predicted octanol–water partition coefficient (Wildman–Crippen LogP) is 2.42. The standard InChI is InChI=1S/C15H17N3/c1-4-7-18(10-13-5-6-13)15-8-11(2)17-12(3)14(15)9-16/h1,8,13H,5-7,10H2,2-3H3. The molecule has 1 aliphatic rings. The van der Waals surface area contributed by atoms with Crippen LogP contribution < -0.4 is 4.90 Å². The summed E-state index contributed by atoms with van der Waals surface area (Å²) in [5, 5.41) is 9.29. The van der Waals surface area contributed by atoms with Crippen LogP contribution in [0, 0.1) is 43.4 Å². The van der Waals surface area contributed by atoms with Crippen molar-refractivity contribution in [2.45, 2.75) is 26.7 Å². The SMILES string of the molecule is C#CCN(CC1CC1)c1cc(C)nc(C)c1C#N. The lowest BCUT2D eigenvalue weighted by atomic mass is 10.1. The molecule has 18 heavy (non-hydrogen) atoms. The van der Waals surface area contributed by atoms with E-state index in [0.29, 0.717) is 12.1 Å². The maximum atomic E-state index is 9.29. The molecule has 0 spiro atoms. The van der Waals surface area contributed by atoms with Crippen LogP contribution in [0.3, 0.4) is 0 Å². The van der Waals surface area contributed by atoms with Gasteiger partial charge in [-0.05, 0) is 38.7 Å². The first-order valence-corrected chi connectivity index (χ1v) is 6.22. The third-order valence-electron chi connectivity index (χ3n) is 3.22. The molecule has 1 heterocycles. The molecule has 1 aliphatic carbocycles. The molecule has 0 aromatic carbocycles. The summed E-state index contributed by atoms with van der Waals surface area (Å²) in [4.78, 5) is 6.48. The average molecular weight is 239 g/mol. The number of rotatable bonds is 4. The third-order valence-corrected chi connectivity index (χ3v) is 3.22. The topological polar surface area (TPSA) is 39.9 Å². The van der Waals surface area contributed by atoms with Gasteiger partial charge in [-0.25, -0.2) is 0 Å². The second kappa shape index (κ2) is 5.10. The number of hydrogen-bond donors (Lipinski definition) is 0. The Morgan fingerprint density at radius 3 is 2.78 bits per heavy atom. The van der Waals surface area contributed by atoms with Crippen molar-refractivity contribution in [1.82, 2.24) is 4.98 Å². The van der Waals surface area contributed by atoms with Crippen molar-refractivity contribution >= 4 is 5.69 Å². The van der Waals surface area contributed by atoms with Gasteiger partial charge in [-0.15, -0.1) is 6.42 Å². The lowest BCUT2D eigenvalue weighted by molar-refractivity contribution is 0.762. The van der Waals surface area contributed by atoms with Crippen molar-refractivity contribution in [3.05, 3.63) is 23.0 Å². The monoisotopic (exact) mass is 239 g/mol. The van der Waals surface area contributed by atoms with E-state index in [4.69, 9.17) is 6.42 Å². The molecular weight excluding hydrogens is 222 g/mol. The molecule has 1 saturated carbocycles. The van der Waals surface area contributed by atoms with Gasteiger partial charge in [0, 0.05) is 12.2 Å². The molecule has 3 heteroatoms. The minimum Gasteiger partial charge on any atom is -0.359 e. The van der Waals surface area contributed by atoms with E-state index in [1.54, 1.807) is 0 Å². The molecule has 1 aromatic heterocycles. The normalized spacial score (nSPS) is 13.8. The molecule has 3 nitrogen and oxygen atoms in total. The van der Waals surface area contributed by atoms with Gasteiger partial charge in [-0.1, -0.05) is 5.92 Å². The zero-order valence-corrected chi connectivity index (χ0v) is 10.9. The molecule has 0 amide bonds. The fourth-order valence-corrected chi connectivity index (χ4v) is 2.17. The van der Waals surface area contributed by atoms with Crippen LogP contribution in [0.5, 0.6) is 0 Å². The van der Waals surface area contributed by atoms with Crippen LogP contribution in [-0.2, 0) is 0 Å². The Labute approximate surface area is 108 Å². The van der Waals surface area contributed by atoms with E-state index in [0.717, 1.165) is 29.5 Å². The Morgan fingerprint density at radius 1 is 1.50 bits per heavy atom. The van der Waals surface area contributed by atoms with Gasteiger partial charge >= 0.3 is 0 Å². The van der Waals surface area contributed by atoms with E-state index < -0.39 is 0 Å². The molecule has 92 valence electrons. The first-order valence-electron chi connectivity index (χ1n) is 6.22. The number of aryl methyl sites for hydroxylation is 2. The maximum absolute atomic E-state index is 9.29. The highest BCUT2D eigenvalue weighted by molar-refractivity contribution is 5.62. The number of nitriles is 1. The molecular formula is C15H17N3. The number of terminal acetylenes is 1. The summed E-state index contributed by atoms with van der Waals surface area (Å²) in [5.74, 6) is 3.42. The quantitative estimate of drug-likeness (QED) is 0.757. The molecule has 0 atom stereocenters. The minimum absolute atomic E-state index is 0.550. The van der Waals surface area contributed by atoms with E-state index in [9.17, 15) is 5.26 Å². The Morgan fingerprint density at radius 2 is 2.22 bits per heavy atom. The molecule has 2 rings (SSSR count). The van der Waals surface area contributed by atoms with E-state index >= 15 is 0 Å². The Balaban J connectivity index is 2.39. The zero-order chi connectivity index (χ0) is 13.1. The number of anilines is 1. The summed E-state index contributed by atoms with van der Waals surface area (Å²) >= 11 is 0. The molecule has 0 unspecified atom stereocenters. The van der Waals surface area contributed by atoms with Crippen LogP contribution in [0.4, 0.5) is 5.69 Å².